The molecule has 0 aromatic heterocycles. The van der Waals surface area contributed by atoms with Crippen molar-refractivity contribution in [2.45, 2.75) is 11.0 Å². The predicted molar refractivity (Wildman–Crippen MR) is 126 cm³/mol. The predicted octanol–water partition coefficient (Wildman–Crippen LogP) is 3.62. The Morgan fingerprint density at radius 2 is 1.53 bits per heavy atom. The Morgan fingerprint density at radius 3 is 2.08 bits per heavy atom. The second kappa shape index (κ2) is 8.86. The first-order chi connectivity index (χ1) is 16.9. The topological polar surface area (TPSA) is 111 Å². The number of rotatable bonds is 6. The Morgan fingerprint density at radius 1 is 0.917 bits per heavy atom. The molecule has 2 N–H and O–H groups in total. The average Bonchev–Trinajstić information content (AvgIpc) is 3.08. The van der Waals surface area contributed by atoms with Gasteiger partial charge in [0.2, 0.25) is 0 Å². The largest absolute Gasteiger partial charge is 0.534 e. The molecule has 1 atom stereocenters. The van der Waals surface area contributed by atoms with Crippen molar-refractivity contribution in [2.75, 3.05) is 14.2 Å². The fourth-order valence-corrected chi connectivity index (χ4v) is 4.30. The van der Waals surface area contributed by atoms with Gasteiger partial charge in [-0.25, -0.2) is 4.99 Å². The summed E-state index contributed by atoms with van der Waals surface area (Å²) in [7, 11) is -2.86. The molecule has 8 nitrogen and oxygen atoms in total. The van der Waals surface area contributed by atoms with Gasteiger partial charge >= 0.3 is 15.6 Å². The molecule has 0 saturated heterocycles. The normalized spacial score (nSPS) is 18.2. The van der Waals surface area contributed by atoms with Crippen molar-refractivity contribution in [2.24, 2.45) is 10.7 Å². The zero-order chi connectivity index (χ0) is 26.3. The molecule has 0 aliphatic carbocycles. The molecule has 1 aliphatic heterocycles. The van der Waals surface area contributed by atoms with E-state index >= 15 is 0 Å². The number of hydrogen-bond acceptors (Lipinski definition) is 7. The number of hydrogen-bond donors (Lipinski definition) is 1. The zero-order valence-corrected chi connectivity index (χ0v) is 19.8. The fourth-order valence-electron chi connectivity index (χ4n) is 3.84. The Labute approximate surface area is 204 Å². The van der Waals surface area contributed by atoms with Gasteiger partial charge in [-0.3, -0.25) is 9.69 Å². The maximum absolute atomic E-state index is 13.5. The van der Waals surface area contributed by atoms with Crippen molar-refractivity contribution >= 4 is 22.0 Å². The van der Waals surface area contributed by atoms with Gasteiger partial charge in [-0.2, -0.15) is 21.6 Å². The minimum atomic E-state index is -5.85. The van der Waals surface area contributed by atoms with Crippen LogP contribution in [0.15, 0.2) is 77.8 Å². The van der Waals surface area contributed by atoms with Crippen molar-refractivity contribution in [3.8, 4) is 22.6 Å². The highest BCUT2D eigenvalue weighted by Crippen LogP contribution is 2.41. The molecular weight excluding hydrogens is 499 g/mol. The van der Waals surface area contributed by atoms with Crippen molar-refractivity contribution in [1.82, 2.24) is 4.90 Å². The van der Waals surface area contributed by atoms with Crippen molar-refractivity contribution in [3.63, 3.8) is 0 Å². The molecule has 1 heterocycles. The Balaban J connectivity index is 1.81. The molecular formula is C24H20F3N3O5S. The van der Waals surface area contributed by atoms with Gasteiger partial charge < -0.3 is 14.7 Å². The molecule has 0 saturated carbocycles. The molecule has 1 amide bonds. The number of halogens is 3. The van der Waals surface area contributed by atoms with Crippen LogP contribution in [0, 0.1) is 0 Å². The maximum Gasteiger partial charge on any atom is 0.534 e. The van der Waals surface area contributed by atoms with E-state index in [0.29, 0.717) is 11.3 Å². The van der Waals surface area contributed by atoms with E-state index in [9.17, 15) is 26.4 Å². The molecule has 0 bridgehead atoms. The summed E-state index contributed by atoms with van der Waals surface area (Å²) in [5.41, 5.74) is 0.980. The van der Waals surface area contributed by atoms with E-state index in [1.54, 1.807) is 31.4 Å². The number of carbonyl (C=O) groups excluding carboxylic acids is 1. The Kier molecular flexibility index (Phi) is 6.17. The standard InChI is InChI=1S/C24H20F3N3O5S/c1-30-21(31)23(29-22(30)28,17-9-11-19(12-10-17)35-36(32,33)24(25,26)27)18-7-3-5-15(13-18)16-6-4-8-20(14-16)34-2/h3-14H,1-2H3,(H2,28,29)/t23-/m1/s1. The molecule has 1 aliphatic rings. The van der Waals surface area contributed by atoms with Gasteiger partial charge in [-0.15, -0.1) is 0 Å². The number of alkyl halides is 3. The van der Waals surface area contributed by atoms with E-state index in [1.165, 1.54) is 19.2 Å². The van der Waals surface area contributed by atoms with Gasteiger partial charge in [-0.05, 0) is 52.6 Å². The first kappa shape index (κ1) is 25.0. The van der Waals surface area contributed by atoms with Gasteiger partial charge in [0.05, 0.1) is 7.11 Å². The number of aliphatic imine (C=N–C) groups is 1. The third-order valence-electron chi connectivity index (χ3n) is 5.68. The summed E-state index contributed by atoms with van der Waals surface area (Å²) in [6, 6.07) is 18.9. The molecule has 0 radical (unpaired) electrons. The number of amides is 1. The van der Waals surface area contributed by atoms with Crippen LogP contribution in [-0.2, 0) is 20.5 Å². The Hall–Kier alpha value is -4.06. The fraction of sp³-hybridized carbons (Fsp3) is 0.167. The molecule has 36 heavy (non-hydrogen) atoms. The smallest absolute Gasteiger partial charge is 0.497 e. The number of methoxy groups -OCH3 is 1. The van der Waals surface area contributed by atoms with E-state index in [2.05, 4.69) is 9.18 Å². The summed E-state index contributed by atoms with van der Waals surface area (Å²) in [6.07, 6.45) is 0. The van der Waals surface area contributed by atoms with Crippen LogP contribution in [0.4, 0.5) is 13.2 Å². The summed E-state index contributed by atoms with van der Waals surface area (Å²) in [5, 5.41) is 0. The van der Waals surface area contributed by atoms with E-state index in [1.807, 2.05) is 24.3 Å². The monoisotopic (exact) mass is 519 g/mol. The van der Waals surface area contributed by atoms with Gasteiger partial charge in [0, 0.05) is 7.05 Å². The van der Waals surface area contributed by atoms with Crippen molar-refractivity contribution in [1.29, 1.82) is 0 Å². The number of benzene rings is 3. The van der Waals surface area contributed by atoms with E-state index in [4.69, 9.17) is 10.5 Å². The summed E-state index contributed by atoms with van der Waals surface area (Å²) in [5.74, 6) is -0.505. The lowest BCUT2D eigenvalue weighted by molar-refractivity contribution is -0.129. The number of ether oxygens (including phenoxy) is 1. The van der Waals surface area contributed by atoms with Crippen LogP contribution >= 0.6 is 0 Å². The van der Waals surface area contributed by atoms with Gasteiger partial charge in [-0.1, -0.05) is 42.5 Å². The summed E-state index contributed by atoms with van der Waals surface area (Å²) in [6.45, 7) is 0. The van der Waals surface area contributed by atoms with Crippen LogP contribution in [0.3, 0.4) is 0 Å². The lowest BCUT2D eigenvalue weighted by Gasteiger charge is -2.26. The van der Waals surface area contributed by atoms with Crippen LogP contribution < -0.4 is 14.7 Å². The van der Waals surface area contributed by atoms with Crippen LogP contribution in [0.5, 0.6) is 11.5 Å². The second-order valence-corrected chi connectivity index (χ2v) is 9.40. The highest BCUT2D eigenvalue weighted by Gasteiger charge is 2.50. The molecule has 188 valence electrons. The van der Waals surface area contributed by atoms with Gasteiger partial charge in [0.15, 0.2) is 11.5 Å². The summed E-state index contributed by atoms with van der Waals surface area (Å²) >= 11 is 0. The van der Waals surface area contributed by atoms with E-state index in [0.717, 1.165) is 28.2 Å². The first-order valence-electron chi connectivity index (χ1n) is 10.4. The Bertz CT molecular complexity index is 1460. The maximum atomic E-state index is 13.5. The first-order valence-corrected chi connectivity index (χ1v) is 11.8. The molecule has 0 unspecified atom stereocenters. The van der Waals surface area contributed by atoms with Crippen molar-refractivity contribution in [3.05, 3.63) is 83.9 Å². The molecule has 12 heteroatoms. The van der Waals surface area contributed by atoms with Gasteiger partial charge in [0.1, 0.15) is 11.5 Å². The zero-order valence-electron chi connectivity index (χ0n) is 19.0. The molecule has 0 spiro atoms. The van der Waals surface area contributed by atoms with Crippen LogP contribution in [0.2, 0.25) is 0 Å². The van der Waals surface area contributed by atoms with Gasteiger partial charge in [0.25, 0.3) is 5.91 Å². The minimum absolute atomic E-state index is 0.0632. The molecule has 4 rings (SSSR count). The minimum Gasteiger partial charge on any atom is -0.497 e. The van der Waals surface area contributed by atoms with E-state index < -0.39 is 32.8 Å². The van der Waals surface area contributed by atoms with Crippen LogP contribution in [0.1, 0.15) is 11.1 Å². The quantitative estimate of drug-likeness (QED) is 0.393. The SMILES string of the molecule is COc1cccc(-c2cccc([C@@]3(c4ccc(OS(=O)(=O)C(F)(F)F)cc4)N=C(N)N(C)C3=O)c2)c1. The number of likely N-dealkylation sites (N-methyl/N-ethyl adjacent to an activating group) is 1. The van der Waals surface area contributed by atoms with Crippen LogP contribution in [0.25, 0.3) is 11.1 Å². The third kappa shape index (κ3) is 4.24. The van der Waals surface area contributed by atoms with E-state index in [-0.39, 0.29) is 11.5 Å². The van der Waals surface area contributed by atoms with Crippen molar-refractivity contribution < 1.29 is 35.3 Å². The molecule has 3 aromatic carbocycles. The second-order valence-electron chi connectivity index (χ2n) is 7.86. The molecule has 3 aromatic rings. The van der Waals surface area contributed by atoms with Crippen LogP contribution in [-0.4, -0.2) is 44.9 Å². The lowest BCUT2D eigenvalue weighted by Crippen LogP contribution is -2.41. The molecule has 0 fully saturated rings. The number of carbonyl (C=O) groups is 1. The lowest BCUT2D eigenvalue weighted by atomic mass is 9.81. The summed E-state index contributed by atoms with van der Waals surface area (Å²) < 4.78 is 70.2. The number of nitrogens with zero attached hydrogens (tertiary/aromatic N) is 2. The summed E-state index contributed by atoms with van der Waals surface area (Å²) in [4.78, 5) is 19.1. The number of guanidine groups is 1. The average molecular weight is 520 g/mol. The highest BCUT2D eigenvalue weighted by atomic mass is 32.2. The third-order valence-corrected chi connectivity index (χ3v) is 6.66. The highest BCUT2D eigenvalue weighted by molar-refractivity contribution is 7.88. The number of nitrogens with two attached hydrogens (primary N) is 1.